The van der Waals surface area contributed by atoms with Gasteiger partial charge in [-0.2, -0.15) is 0 Å². The molecule has 1 aromatic rings. The average Bonchev–Trinajstić information content (AvgIpc) is 2.35. The van der Waals surface area contributed by atoms with E-state index >= 15 is 0 Å². The van der Waals surface area contributed by atoms with Crippen LogP contribution in [0.2, 0.25) is 0 Å². The maximum atomic E-state index is 6.05. The number of nitrogens with two attached hydrogens (primary N) is 1. The molecule has 1 aromatic carbocycles. The maximum Gasteiger partial charge on any atom is 0.123 e. The van der Waals surface area contributed by atoms with E-state index in [0.29, 0.717) is 6.42 Å². The Balaban J connectivity index is 2.94. The van der Waals surface area contributed by atoms with Crippen molar-refractivity contribution < 1.29 is 9.47 Å². The molecule has 1 unspecified atom stereocenters. The Morgan fingerprint density at radius 3 is 2.69 bits per heavy atom. The Labute approximate surface area is 96.6 Å². The monoisotopic (exact) mass is 219 g/mol. The summed E-state index contributed by atoms with van der Waals surface area (Å²) in [5, 5.41) is 0. The first-order valence-electron chi connectivity index (χ1n) is 5.14. The first-order chi connectivity index (χ1) is 7.72. The second-order valence-electron chi connectivity index (χ2n) is 3.46. The van der Waals surface area contributed by atoms with Crippen molar-refractivity contribution in [2.75, 3.05) is 14.2 Å². The summed E-state index contributed by atoms with van der Waals surface area (Å²) in [5.41, 5.74) is 6.98. The molecule has 16 heavy (non-hydrogen) atoms. The SMILES string of the molecule is C#CCCC(N)c1cc(OC)ccc1OC. The van der Waals surface area contributed by atoms with Gasteiger partial charge in [-0.25, -0.2) is 0 Å². The van der Waals surface area contributed by atoms with Gasteiger partial charge in [-0.05, 0) is 24.6 Å². The highest BCUT2D eigenvalue weighted by Crippen LogP contribution is 2.30. The van der Waals surface area contributed by atoms with Gasteiger partial charge in [0.05, 0.1) is 14.2 Å². The summed E-state index contributed by atoms with van der Waals surface area (Å²) in [5.74, 6) is 4.12. The summed E-state index contributed by atoms with van der Waals surface area (Å²) in [6.45, 7) is 0. The lowest BCUT2D eigenvalue weighted by Gasteiger charge is -2.15. The zero-order valence-corrected chi connectivity index (χ0v) is 9.69. The fourth-order valence-corrected chi connectivity index (χ4v) is 1.52. The molecule has 0 aliphatic carbocycles. The molecule has 1 rings (SSSR count). The molecule has 0 saturated heterocycles. The third kappa shape index (κ3) is 2.91. The van der Waals surface area contributed by atoms with Crippen molar-refractivity contribution in [1.82, 2.24) is 0 Å². The van der Waals surface area contributed by atoms with Gasteiger partial charge in [0.15, 0.2) is 0 Å². The largest absolute Gasteiger partial charge is 0.497 e. The van der Waals surface area contributed by atoms with Crippen LogP contribution in [0.15, 0.2) is 18.2 Å². The molecular formula is C13H17NO2. The summed E-state index contributed by atoms with van der Waals surface area (Å²) in [4.78, 5) is 0. The van der Waals surface area contributed by atoms with Gasteiger partial charge in [-0.3, -0.25) is 0 Å². The molecule has 1 atom stereocenters. The van der Waals surface area contributed by atoms with E-state index < -0.39 is 0 Å². The van der Waals surface area contributed by atoms with E-state index in [2.05, 4.69) is 5.92 Å². The molecule has 0 fully saturated rings. The van der Waals surface area contributed by atoms with E-state index in [4.69, 9.17) is 21.6 Å². The number of methoxy groups -OCH3 is 2. The first kappa shape index (κ1) is 12.4. The number of terminal acetylenes is 1. The quantitative estimate of drug-likeness (QED) is 0.771. The zero-order valence-electron chi connectivity index (χ0n) is 9.69. The minimum Gasteiger partial charge on any atom is -0.497 e. The molecule has 0 amide bonds. The van der Waals surface area contributed by atoms with Crippen molar-refractivity contribution in [3.8, 4) is 23.8 Å². The third-order valence-electron chi connectivity index (χ3n) is 2.44. The first-order valence-corrected chi connectivity index (χ1v) is 5.14. The smallest absolute Gasteiger partial charge is 0.123 e. The number of hydrogen-bond donors (Lipinski definition) is 1. The van der Waals surface area contributed by atoms with Crippen LogP contribution >= 0.6 is 0 Å². The lowest BCUT2D eigenvalue weighted by molar-refractivity contribution is 0.394. The Morgan fingerprint density at radius 2 is 2.12 bits per heavy atom. The standard InChI is InChI=1S/C13H17NO2/c1-4-5-6-12(14)11-9-10(15-2)7-8-13(11)16-3/h1,7-9,12H,5-6,14H2,2-3H3. The number of ether oxygens (including phenoxy) is 2. The minimum atomic E-state index is -0.124. The van der Waals surface area contributed by atoms with E-state index in [1.54, 1.807) is 14.2 Å². The molecule has 3 nitrogen and oxygen atoms in total. The summed E-state index contributed by atoms with van der Waals surface area (Å²) < 4.78 is 10.4. The molecule has 0 saturated carbocycles. The fraction of sp³-hybridized carbons (Fsp3) is 0.385. The molecule has 0 aromatic heterocycles. The summed E-state index contributed by atoms with van der Waals surface area (Å²) in [6, 6.07) is 5.46. The minimum absolute atomic E-state index is 0.124. The van der Waals surface area contributed by atoms with Crippen LogP contribution in [0.1, 0.15) is 24.4 Å². The van der Waals surface area contributed by atoms with Crippen LogP contribution in [0.25, 0.3) is 0 Å². The van der Waals surface area contributed by atoms with Crippen molar-refractivity contribution >= 4 is 0 Å². The number of hydrogen-bond acceptors (Lipinski definition) is 3. The second kappa shape index (κ2) is 6.04. The van der Waals surface area contributed by atoms with E-state index in [9.17, 15) is 0 Å². The van der Waals surface area contributed by atoms with E-state index in [1.165, 1.54) is 0 Å². The molecule has 0 aliphatic heterocycles. The van der Waals surface area contributed by atoms with Gasteiger partial charge in [-0.15, -0.1) is 12.3 Å². The molecule has 0 spiro atoms. The summed E-state index contributed by atoms with van der Waals surface area (Å²) in [6.07, 6.45) is 6.61. The van der Waals surface area contributed by atoms with Gasteiger partial charge in [0.1, 0.15) is 11.5 Å². The van der Waals surface area contributed by atoms with Gasteiger partial charge in [0.25, 0.3) is 0 Å². The lowest BCUT2D eigenvalue weighted by Crippen LogP contribution is -2.11. The van der Waals surface area contributed by atoms with Gasteiger partial charge < -0.3 is 15.2 Å². The molecule has 2 N–H and O–H groups in total. The van der Waals surface area contributed by atoms with Gasteiger partial charge in [-0.1, -0.05) is 0 Å². The number of rotatable bonds is 5. The zero-order chi connectivity index (χ0) is 12.0. The van der Waals surface area contributed by atoms with Crippen molar-refractivity contribution in [1.29, 1.82) is 0 Å². The van der Waals surface area contributed by atoms with Crippen LogP contribution in [0.3, 0.4) is 0 Å². The predicted octanol–water partition coefficient (Wildman–Crippen LogP) is 2.12. The van der Waals surface area contributed by atoms with E-state index in [-0.39, 0.29) is 6.04 Å². The van der Waals surface area contributed by atoms with Crippen LogP contribution < -0.4 is 15.2 Å². The van der Waals surface area contributed by atoms with Crippen molar-refractivity contribution in [2.45, 2.75) is 18.9 Å². The van der Waals surface area contributed by atoms with Gasteiger partial charge in [0.2, 0.25) is 0 Å². The summed E-state index contributed by atoms with van der Waals surface area (Å²) >= 11 is 0. The third-order valence-corrected chi connectivity index (χ3v) is 2.44. The lowest BCUT2D eigenvalue weighted by atomic mass is 10.0. The van der Waals surface area contributed by atoms with Crippen molar-refractivity contribution in [3.05, 3.63) is 23.8 Å². The van der Waals surface area contributed by atoms with Crippen LogP contribution in [-0.2, 0) is 0 Å². The Bertz CT molecular complexity index is 382. The Morgan fingerprint density at radius 1 is 1.38 bits per heavy atom. The van der Waals surface area contributed by atoms with E-state index in [0.717, 1.165) is 23.5 Å². The van der Waals surface area contributed by atoms with Gasteiger partial charge >= 0.3 is 0 Å². The van der Waals surface area contributed by atoms with Crippen LogP contribution in [-0.4, -0.2) is 14.2 Å². The second-order valence-corrected chi connectivity index (χ2v) is 3.46. The Hall–Kier alpha value is -1.66. The highest BCUT2D eigenvalue weighted by Gasteiger charge is 2.12. The van der Waals surface area contributed by atoms with Crippen molar-refractivity contribution in [2.24, 2.45) is 5.73 Å². The molecule has 0 aliphatic rings. The average molecular weight is 219 g/mol. The maximum absolute atomic E-state index is 6.05. The topological polar surface area (TPSA) is 44.5 Å². The summed E-state index contributed by atoms with van der Waals surface area (Å²) in [7, 11) is 3.25. The molecule has 0 heterocycles. The van der Waals surface area contributed by atoms with Crippen LogP contribution in [0.4, 0.5) is 0 Å². The Kier molecular flexibility index (Phi) is 4.68. The molecule has 0 radical (unpaired) electrons. The highest BCUT2D eigenvalue weighted by atomic mass is 16.5. The fourth-order valence-electron chi connectivity index (χ4n) is 1.52. The highest BCUT2D eigenvalue weighted by molar-refractivity contribution is 5.42. The van der Waals surface area contributed by atoms with Crippen LogP contribution in [0, 0.1) is 12.3 Å². The molecule has 0 bridgehead atoms. The van der Waals surface area contributed by atoms with Gasteiger partial charge in [0, 0.05) is 18.0 Å². The molecular weight excluding hydrogens is 202 g/mol. The normalized spacial score (nSPS) is 11.6. The number of benzene rings is 1. The molecule has 86 valence electrons. The van der Waals surface area contributed by atoms with E-state index in [1.807, 2.05) is 18.2 Å². The molecule has 3 heteroatoms. The van der Waals surface area contributed by atoms with Crippen molar-refractivity contribution in [3.63, 3.8) is 0 Å². The van der Waals surface area contributed by atoms with Crippen LogP contribution in [0.5, 0.6) is 11.5 Å². The predicted molar refractivity (Wildman–Crippen MR) is 64.5 cm³/mol.